The van der Waals surface area contributed by atoms with E-state index in [0.29, 0.717) is 25.4 Å². The number of amides is 2. The standard InChI is InChI=1S/C17H23N3O5/c1-24-14-6-4-3-5-12(14)10-19-15(21)11-20-8-7-18-17(23)13(20)9-16(22)25-2/h3-6,13H,7-11H2,1-2H3,(H,18,23)(H,19,21)/t13-/m0/s1. The fourth-order valence-electron chi connectivity index (χ4n) is 2.70. The molecule has 1 heterocycles. The van der Waals surface area contributed by atoms with Crippen LogP contribution in [0.4, 0.5) is 0 Å². The topological polar surface area (TPSA) is 97.0 Å². The van der Waals surface area contributed by atoms with Crippen molar-refractivity contribution in [2.75, 3.05) is 33.9 Å². The monoisotopic (exact) mass is 349 g/mol. The van der Waals surface area contributed by atoms with Crippen molar-refractivity contribution < 1.29 is 23.9 Å². The van der Waals surface area contributed by atoms with Crippen LogP contribution in [0.15, 0.2) is 24.3 Å². The molecule has 2 rings (SSSR count). The molecule has 0 saturated carbocycles. The lowest BCUT2D eigenvalue weighted by Gasteiger charge is -2.33. The minimum Gasteiger partial charge on any atom is -0.496 e. The van der Waals surface area contributed by atoms with Gasteiger partial charge in [0.1, 0.15) is 11.8 Å². The van der Waals surface area contributed by atoms with Crippen LogP contribution in [0, 0.1) is 0 Å². The Bertz CT molecular complexity index is 634. The highest BCUT2D eigenvalue weighted by Crippen LogP contribution is 2.16. The largest absolute Gasteiger partial charge is 0.496 e. The zero-order valence-electron chi connectivity index (χ0n) is 14.4. The molecule has 0 spiro atoms. The molecule has 8 heteroatoms. The molecule has 1 aromatic rings. The van der Waals surface area contributed by atoms with Gasteiger partial charge in [-0.25, -0.2) is 0 Å². The van der Waals surface area contributed by atoms with Crippen LogP contribution in [-0.2, 0) is 25.7 Å². The smallest absolute Gasteiger partial charge is 0.307 e. The Balaban J connectivity index is 1.93. The second kappa shape index (κ2) is 9.03. The van der Waals surface area contributed by atoms with Crippen molar-refractivity contribution in [3.05, 3.63) is 29.8 Å². The number of benzene rings is 1. The molecule has 0 radical (unpaired) electrons. The molecule has 136 valence electrons. The number of nitrogens with zero attached hydrogens (tertiary/aromatic N) is 1. The molecule has 25 heavy (non-hydrogen) atoms. The number of methoxy groups -OCH3 is 2. The van der Waals surface area contributed by atoms with Gasteiger partial charge in [-0.3, -0.25) is 19.3 Å². The summed E-state index contributed by atoms with van der Waals surface area (Å²) >= 11 is 0. The lowest BCUT2D eigenvalue weighted by atomic mass is 10.1. The van der Waals surface area contributed by atoms with E-state index in [0.717, 1.165) is 5.56 Å². The summed E-state index contributed by atoms with van der Waals surface area (Å²) in [5, 5.41) is 5.52. The van der Waals surface area contributed by atoms with Gasteiger partial charge in [0, 0.05) is 25.2 Å². The van der Waals surface area contributed by atoms with Crippen LogP contribution in [0.3, 0.4) is 0 Å². The van der Waals surface area contributed by atoms with E-state index in [4.69, 9.17) is 4.74 Å². The Labute approximate surface area is 146 Å². The van der Waals surface area contributed by atoms with E-state index in [9.17, 15) is 14.4 Å². The van der Waals surface area contributed by atoms with Crippen molar-refractivity contribution in [2.24, 2.45) is 0 Å². The molecule has 1 atom stereocenters. The normalized spacial score (nSPS) is 17.5. The van der Waals surface area contributed by atoms with Gasteiger partial charge in [0.25, 0.3) is 0 Å². The van der Waals surface area contributed by atoms with Crippen molar-refractivity contribution in [3.63, 3.8) is 0 Å². The lowest BCUT2D eigenvalue weighted by molar-refractivity contribution is -0.146. The molecule has 1 aromatic carbocycles. The highest BCUT2D eigenvalue weighted by molar-refractivity contribution is 5.88. The Morgan fingerprint density at radius 3 is 2.80 bits per heavy atom. The molecule has 0 aliphatic carbocycles. The number of carbonyl (C=O) groups is 3. The van der Waals surface area contributed by atoms with E-state index in [1.54, 1.807) is 12.0 Å². The summed E-state index contributed by atoms with van der Waals surface area (Å²) in [6.07, 6.45) is -0.0812. The number of hydrogen-bond donors (Lipinski definition) is 2. The van der Waals surface area contributed by atoms with Crippen molar-refractivity contribution >= 4 is 17.8 Å². The first-order chi connectivity index (χ1) is 12.0. The molecule has 0 aromatic heterocycles. The molecule has 1 saturated heterocycles. The molecule has 0 unspecified atom stereocenters. The van der Waals surface area contributed by atoms with Crippen LogP contribution in [0.5, 0.6) is 5.75 Å². The summed E-state index contributed by atoms with van der Waals surface area (Å²) in [7, 11) is 2.85. The Morgan fingerprint density at radius 1 is 1.32 bits per heavy atom. The van der Waals surface area contributed by atoms with E-state index in [1.807, 2.05) is 24.3 Å². The maximum atomic E-state index is 12.3. The predicted molar refractivity (Wildman–Crippen MR) is 89.8 cm³/mol. The van der Waals surface area contributed by atoms with Crippen molar-refractivity contribution in [3.8, 4) is 5.75 Å². The van der Waals surface area contributed by atoms with Crippen molar-refractivity contribution in [2.45, 2.75) is 19.0 Å². The van der Waals surface area contributed by atoms with E-state index in [2.05, 4.69) is 15.4 Å². The van der Waals surface area contributed by atoms with Crippen LogP contribution in [0.1, 0.15) is 12.0 Å². The minimum absolute atomic E-state index is 0.0320. The summed E-state index contributed by atoms with van der Waals surface area (Å²) < 4.78 is 9.87. The number of nitrogens with one attached hydrogen (secondary N) is 2. The number of ether oxygens (including phenoxy) is 2. The molecule has 1 aliphatic heterocycles. The third kappa shape index (κ3) is 5.18. The first-order valence-electron chi connectivity index (χ1n) is 8.02. The predicted octanol–water partition coefficient (Wildman–Crippen LogP) is -0.325. The van der Waals surface area contributed by atoms with E-state index >= 15 is 0 Å². The highest BCUT2D eigenvalue weighted by Gasteiger charge is 2.32. The van der Waals surface area contributed by atoms with Gasteiger partial charge in [-0.2, -0.15) is 0 Å². The Morgan fingerprint density at radius 2 is 2.08 bits per heavy atom. The maximum Gasteiger partial charge on any atom is 0.307 e. The van der Waals surface area contributed by atoms with Gasteiger partial charge >= 0.3 is 5.97 Å². The second-order valence-electron chi connectivity index (χ2n) is 5.65. The van der Waals surface area contributed by atoms with Crippen LogP contribution in [0.25, 0.3) is 0 Å². The summed E-state index contributed by atoms with van der Waals surface area (Å²) in [5.74, 6) is -0.283. The summed E-state index contributed by atoms with van der Waals surface area (Å²) in [5.41, 5.74) is 0.862. The second-order valence-corrected chi connectivity index (χ2v) is 5.65. The van der Waals surface area contributed by atoms with Gasteiger partial charge in [-0.05, 0) is 6.07 Å². The van der Waals surface area contributed by atoms with E-state index < -0.39 is 12.0 Å². The summed E-state index contributed by atoms with van der Waals surface area (Å²) in [6.45, 7) is 1.29. The zero-order chi connectivity index (χ0) is 18.2. The number of piperazine rings is 1. The quantitative estimate of drug-likeness (QED) is 0.655. The summed E-state index contributed by atoms with van der Waals surface area (Å²) in [4.78, 5) is 37.4. The first-order valence-corrected chi connectivity index (χ1v) is 8.02. The fourth-order valence-corrected chi connectivity index (χ4v) is 2.70. The fraction of sp³-hybridized carbons (Fsp3) is 0.471. The van der Waals surface area contributed by atoms with Gasteiger partial charge in [-0.1, -0.05) is 18.2 Å². The van der Waals surface area contributed by atoms with Gasteiger partial charge in [-0.15, -0.1) is 0 Å². The van der Waals surface area contributed by atoms with Crippen LogP contribution in [-0.4, -0.2) is 62.6 Å². The number of carbonyl (C=O) groups excluding carboxylic acids is 3. The number of hydrogen-bond acceptors (Lipinski definition) is 6. The van der Waals surface area contributed by atoms with Crippen molar-refractivity contribution in [1.29, 1.82) is 0 Å². The van der Waals surface area contributed by atoms with E-state index in [1.165, 1.54) is 7.11 Å². The lowest BCUT2D eigenvalue weighted by Crippen LogP contribution is -2.57. The van der Waals surface area contributed by atoms with Crippen molar-refractivity contribution in [1.82, 2.24) is 15.5 Å². The number of esters is 1. The van der Waals surface area contributed by atoms with Gasteiger partial charge in [0.05, 0.1) is 27.2 Å². The SMILES string of the molecule is COC(=O)C[C@H]1C(=O)NCCN1CC(=O)NCc1ccccc1OC. The molecule has 8 nitrogen and oxygen atoms in total. The van der Waals surface area contributed by atoms with E-state index in [-0.39, 0.29) is 24.8 Å². The number of para-hydroxylation sites is 1. The molecule has 1 fully saturated rings. The molecular weight excluding hydrogens is 326 g/mol. The average Bonchev–Trinajstić information content (AvgIpc) is 2.62. The third-order valence-corrected chi connectivity index (χ3v) is 4.04. The first kappa shape index (κ1) is 18.7. The molecular formula is C17H23N3O5. The highest BCUT2D eigenvalue weighted by atomic mass is 16.5. The molecule has 2 N–H and O–H groups in total. The van der Waals surface area contributed by atoms with Gasteiger partial charge in [0.15, 0.2) is 0 Å². The average molecular weight is 349 g/mol. The number of rotatable bonds is 7. The zero-order valence-corrected chi connectivity index (χ0v) is 14.4. The molecule has 0 bridgehead atoms. The van der Waals surface area contributed by atoms with Crippen LogP contribution < -0.4 is 15.4 Å². The van der Waals surface area contributed by atoms with Crippen LogP contribution >= 0.6 is 0 Å². The van der Waals surface area contributed by atoms with Gasteiger partial charge in [0.2, 0.25) is 11.8 Å². The van der Waals surface area contributed by atoms with Gasteiger partial charge < -0.3 is 20.1 Å². The van der Waals surface area contributed by atoms with Crippen LogP contribution in [0.2, 0.25) is 0 Å². The Hall–Kier alpha value is -2.61. The summed E-state index contributed by atoms with van der Waals surface area (Å²) in [6, 6.07) is 6.72. The minimum atomic E-state index is -0.696. The maximum absolute atomic E-state index is 12.3. The molecule has 1 aliphatic rings. The Kier molecular flexibility index (Phi) is 6.76. The third-order valence-electron chi connectivity index (χ3n) is 4.04. The molecule has 2 amide bonds.